The van der Waals surface area contributed by atoms with Crippen molar-refractivity contribution in [2.24, 2.45) is 5.92 Å². The molecule has 21 heavy (non-hydrogen) atoms. The number of hydrogen-bond donors (Lipinski definition) is 2. The molecule has 0 bridgehead atoms. The van der Waals surface area contributed by atoms with Crippen LogP contribution < -0.4 is 4.72 Å². The first-order chi connectivity index (χ1) is 9.92. The van der Waals surface area contributed by atoms with E-state index in [1.165, 1.54) is 4.31 Å². The highest BCUT2D eigenvalue weighted by molar-refractivity contribution is 9.10. The zero-order valence-corrected chi connectivity index (χ0v) is 14.4. The molecule has 0 spiro atoms. The minimum Gasteiger partial charge on any atom is -0.396 e. The smallest absolute Gasteiger partial charge is 0.279 e. The maximum absolute atomic E-state index is 12.4. The molecule has 1 aromatic rings. The van der Waals surface area contributed by atoms with Gasteiger partial charge < -0.3 is 5.11 Å². The van der Waals surface area contributed by atoms with Crippen molar-refractivity contribution in [3.05, 3.63) is 34.3 Å². The summed E-state index contributed by atoms with van der Waals surface area (Å²) < 4.78 is 29.9. The van der Waals surface area contributed by atoms with Crippen molar-refractivity contribution in [1.82, 2.24) is 9.03 Å². The van der Waals surface area contributed by atoms with E-state index in [0.717, 1.165) is 10.0 Å². The number of nitrogens with one attached hydrogen (secondary N) is 1. The van der Waals surface area contributed by atoms with Crippen molar-refractivity contribution in [3.8, 4) is 0 Å². The van der Waals surface area contributed by atoms with E-state index in [1.54, 1.807) is 0 Å². The molecule has 5 nitrogen and oxygen atoms in total. The van der Waals surface area contributed by atoms with Gasteiger partial charge in [-0.15, -0.1) is 0 Å². The SMILES string of the molecule is CC(NS(=O)(=O)N1CCC(CO)CC1)c1cccc(Br)c1. The predicted molar refractivity (Wildman–Crippen MR) is 86.0 cm³/mol. The van der Waals surface area contributed by atoms with Gasteiger partial charge >= 0.3 is 0 Å². The molecule has 0 aromatic heterocycles. The predicted octanol–water partition coefficient (Wildman–Crippen LogP) is 2.05. The molecular formula is C14H21BrN2O3S. The van der Waals surface area contributed by atoms with Gasteiger partial charge in [0.15, 0.2) is 0 Å². The Balaban J connectivity index is 2.01. The Labute approximate surface area is 134 Å². The van der Waals surface area contributed by atoms with Gasteiger partial charge in [0.05, 0.1) is 0 Å². The van der Waals surface area contributed by atoms with Gasteiger partial charge in [0.1, 0.15) is 0 Å². The molecule has 0 aliphatic carbocycles. The third-order valence-corrected chi connectivity index (χ3v) is 6.04. The fourth-order valence-corrected chi connectivity index (χ4v) is 4.31. The minimum absolute atomic E-state index is 0.135. The summed E-state index contributed by atoms with van der Waals surface area (Å²) >= 11 is 3.39. The highest BCUT2D eigenvalue weighted by Gasteiger charge is 2.28. The first-order valence-corrected chi connectivity index (χ1v) is 9.29. The molecule has 1 aliphatic rings. The fraction of sp³-hybridized carbons (Fsp3) is 0.571. The second-order valence-electron chi connectivity index (χ2n) is 5.42. The average Bonchev–Trinajstić information content (AvgIpc) is 2.47. The zero-order chi connectivity index (χ0) is 15.5. The highest BCUT2D eigenvalue weighted by atomic mass is 79.9. The number of nitrogens with zero attached hydrogens (tertiary/aromatic N) is 1. The Hall–Kier alpha value is -0.470. The zero-order valence-electron chi connectivity index (χ0n) is 12.0. The van der Waals surface area contributed by atoms with Crippen molar-refractivity contribution in [2.75, 3.05) is 19.7 Å². The lowest BCUT2D eigenvalue weighted by Crippen LogP contribution is -2.46. The summed E-state index contributed by atoms with van der Waals surface area (Å²) in [5.74, 6) is 0.221. The number of piperidine rings is 1. The molecule has 1 fully saturated rings. The van der Waals surface area contributed by atoms with Crippen molar-refractivity contribution in [3.63, 3.8) is 0 Å². The Kier molecular flexibility index (Phi) is 5.79. The van der Waals surface area contributed by atoms with Gasteiger partial charge in [-0.3, -0.25) is 0 Å². The van der Waals surface area contributed by atoms with E-state index in [-0.39, 0.29) is 18.6 Å². The number of hydrogen-bond acceptors (Lipinski definition) is 3. The first kappa shape index (κ1) is 16.9. The van der Waals surface area contributed by atoms with Crippen LogP contribution in [-0.4, -0.2) is 37.5 Å². The molecule has 0 radical (unpaired) electrons. The number of halogens is 1. The largest absolute Gasteiger partial charge is 0.396 e. The topological polar surface area (TPSA) is 69.6 Å². The van der Waals surface area contributed by atoms with Crippen LogP contribution in [0.15, 0.2) is 28.7 Å². The van der Waals surface area contributed by atoms with Crippen molar-refractivity contribution in [2.45, 2.75) is 25.8 Å². The summed E-state index contributed by atoms with van der Waals surface area (Å²) in [6.07, 6.45) is 1.42. The van der Waals surface area contributed by atoms with E-state index in [4.69, 9.17) is 5.11 Å². The van der Waals surface area contributed by atoms with Gasteiger partial charge in [0.25, 0.3) is 10.2 Å². The molecule has 1 atom stereocenters. The van der Waals surface area contributed by atoms with Crippen LogP contribution in [-0.2, 0) is 10.2 Å². The van der Waals surface area contributed by atoms with E-state index in [9.17, 15) is 8.42 Å². The van der Waals surface area contributed by atoms with Crippen molar-refractivity contribution in [1.29, 1.82) is 0 Å². The Bertz CT molecular complexity index is 571. The highest BCUT2D eigenvalue weighted by Crippen LogP contribution is 2.22. The molecule has 1 saturated heterocycles. The molecule has 2 rings (SSSR count). The molecule has 0 amide bonds. The van der Waals surface area contributed by atoms with E-state index >= 15 is 0 Å². The lowest BCUT2D eigenvalue weighted by atomic mass is 10.00. The van der Waals surface area contributed by atoms with Gasteiger partial charge in [-0.25, -0.2) is 0 Å². The van der Waals surface area contributed by atoms with Crippen LogP contribution in [0.25, 0.3) is 0 Å². The van der Waals surface area contributed by atoms with Crippen LogP contribution in [0.1, 0.15) is 31.4 Å². The van der Waals surface area contributed by atoms with Crippen LogP contribution in [0.2, 0.25) is 0 Å². The number of aliphatic hydroxyl groups excluding tert-OH is 1. The standard InChI is InChI=1S/C14H21BrN2O3S/c1-11(13-3-2-4-14(15)9-13)16-21(19,20)17-7-5-12(10-18)6-8-17/h2-4,9,11-12,16,18H,5-8,10H2,1H3. The lowest BCUT2D eigenvalue weighted by Gasteiger charge is -2.31. The second-order valence-corrected chi connectivity index (χ2v) is 8.04. The maximum atomic E-state index is 12.4. The summed E-state index contributed by atoms with van der Waals surface area (Å²) in [6.45, 7) is 2.90. The molecule has 1 aliphatic heterocycles. The summed E-state index contributed by atoms with van der Waals surface area (Å²) in [6, 6.07) is 7.31. The number of benzene rings is 1. The van der Waals surface area contributed by atoms with E-state index in [1.807, 2.05) is 31.2 Å². The molecule has 2 N–H and O–H groups in total. The Morgan fingerprint density at radius 3 is 2.67 bits per heavy atom. The van der Waals surface area contributed by atoms with Crippen LogP contribution in [0.3, 0.4) is 0 Å². The maximum Gasteiger partial charge on any atom is 0.279 e. The molecule has 118 valence electrons. The lowest BCUT2D eigenvalue weighted by molar-refractivity contribution is 0.169. The fourth-order valence-electron chi connectivity index (χ4n) is 2.47. The van der Waals surface area contributed by atoms with Crippen molar-refractivity contribution >= 4 is 26.1 Å². The summed E-state index contributed by atoms with van der Waals surface area (Å²) in [4.78, 5) is 0. The van der Waals surface area contributed by atoms with Gasteiger partial charge in [-0.05, 0) is 43.4 Å². The third-order valence-electron chi connectivity index (χ3n) is 3.85. The van der Waals surface area contributed by atoms with E-state index in [2.05, 4.69) is 20.7 Å². The van der Waals surface area contributed by atoms with Crippen LogP contribution >= 0.6 is 15.9 Å². The van der Waals surface area contributed by atoms with Crippen LogP contribution in [0.4, 0.5) is 0 Å². The van der Waals surface area contributed by atoms with Crippen LogP contribution in [0, 0.1) is 5.92 Å². The average molecular weight is 377 g/mol. The minimum atomic E-state index is -3.49. The molecule has 0 saturated carbocycles. The Morgan fingerprint density at radius 2 is 2.10 bits per heavy atom. The molecule has 7 heteroatoms. The van der Waals surface area contributed by atoms with Gasteiger partial charge in [0.2, 0.25) is 0 Å². The van der Waals surface area contributed by atoms with Gasteiger partial charge in [-0.2, -0.15) is 17.4 Å². The Morgan fingerprint density at radius 1 is 1.43 bits per heavy atom. The summed E-state index contributed by atoms with van der Waals surface area (Å²) in [5.41, 5.74) is 0.915. The summed E-state index contributed by atoms with van der Waals surface area (Å²) in [5, 5.41) is 9.11. The third kappa shape index (κ3) is 4.50. The molecular weight excluding hydrogens is 356 g/mol. The van der Waals surface area contributed by atoms with E-state index in [0.29, 0.717) is 25.9 Å². The summed E-state index contributed by atoms with van der Waals surface area (Å²) in [7, 11) is -3.49. The number of aliphatic hydroxyl groups is 1. The number of rotatable bonds is 5. The normalized spacial score (nSPS) is 19.6. The van der Waals surface area contributed by atoms with Crippen molar-refractivity contribution < 1.29 is 13.5 Å². The van der Waals surface area contributed by atoms with Gasteiger partial charge in [0, 0.05) is 30.2 Å². The second kappa shape index (κ2) is 7.19. The first-order valence-electron chi connectivity index (χ1n) is 7.06. The monoisotopic (exact) mass is 376 g/mol. The van der Waals surface area contributed by atoms with E-state index < -0.39 is 10.2 Å². The van der Waals surface area contributed by atoms with Crippen LogP contribution in [0.5, 0.6) is 0 Å². The molecule has 1 aromatic carbocycles. The molecule has 1 unspecified atom stereocenters. The molecule has 1 heterocycles. The van der Waals surface area contributed by atoms with Gasteiger partial charge in [-0.1, -0.05) is 28.1 Å². The quantitative estimate of drug-likeness (QED) is 0.825.